The van der Waals surface area contributed by atoms with E-state index in [2.05, 4.69) is 10.3 Å². The lowest BCUT2D eigenvalue weighted by atomic mass is 9.97. The van der Waals surface area contributed by atoms with Crippen LogP contribution in [0.2, 0.25) is 5.15 Å². The van der Waals surface area contributed by atoms with Gasteiger partial charge in [-0.1, -0.05) is 72.3 Å². The molecule has 2 aromatic carbocycles. The summed E-state index contributed by atoms with van der Waals surface area (Å²) in [5, 5.41) is 3.28. The molecule has 1 aliphatic heterocycles. The van der Waals surface area contributed by atoms with Gasteiger partial charge in [0.05, 0.1) is 5.69 Å². The van der Waals surface area contributed by atoms with Crippen LogP contribution in [0, 0.1) is 5.92 Å². The first kappa shape index (κ1) is 24.0. The molecule has 0 atom stereocenters. The van der Waals surface area contributed by atoms with Crippen molar-refractivity contribution in [2.45, 2.75) is 32.4 Å². The van der Waals surface area contributed by atoms with E-state index < -0.39 is 11.5 Å². The molecule has 0 unspecified atom stereocenters. The summed E-state index contributed by atoms with van der Waals surface area (Å²) in [5.41, 5.74) is 1.54. The summed E-state index contributed by atoms with van der Waals surface area (Å²) in [6.45, 7) is 2.00. The van der Waals surface area contributed by atoms with Crippen LogP contribution in [0.25, 0.3) is 11.3 Å². The predicted octanol–water partition coefficient (Wildman–Crippen LogP) is 4.54. The number of hydrogen-bond donors (Lipinski definition) is 1. The SMILES string of the molecule is O=C(Cn1c(-c2ccccc2)c(Cl)nc(NCCC2CCOCC2)c1=O)OCc1ccccc1. The maximum atomic E-state index is 13.4. The molecule has 2 heterocycles. The molecule has 1 aromatic heterocycles. The fourth-order valence-electron chi connectivity index (χ4n) is 4.02. The highest BCUT2D eigenvalue weighted by atomic mass is 35.5. The Morgan fingerprint density at radius 1 is 1.09 bits per heavy atom. The third-order valence-electron chi connectivity index (χ3n) is 5.89. The third-order valence-corrected chi connectivity index (χ3v) is 6.15. The molecule has 1 saturated heterocycles. The van der Waals surface area contributed by atoms with Gasteiger partial charge in [0, 0.05) is 25.3 Å². The molecular formula is C26H28ClN3O4. The van der Waals surface area contributed by atoms with Gasteiger partial charge in [-0.3, -0.25) is 14.2 Å². The van der Waals surface area contributed by atoms with Gasteiger partial charge in [0.2, 0.25) is 0 Å². The van der Waals surface area contributed by atoms with Gasteiger partial charge in [0.1, 0.15) is 13.2 Å². The first-order valence-electron chi connectivity index (χ1n) is 11.5. The van der Waals surface area contributed by atoms with Crippen LogP contribution in [0.15, 0.2) is 65.5 Å². The van der Waals surface area contributed by atoms with Crippen LogP contribution in [0.5, 0.6) is 0 Å². The van der Waals surface area contributed by atoms with E-state index in [1.54, 1.807) is 0 Å². The zero-order chi connectivity index (χ0) is 23.8. The van der Waals surface area contributed by atoms with Gasteiger partial charge in [0.25, 0.3) is 5.56 Å². The van der Waals surface area contributed by atoms with E-state index in [-0.39, 0.29) is 24.1 Å². The number of halogens is 1. The van der Waals surface area contributed by atoms with Gasteiger partial charge in [-0.15, -0.1) is 0 Å². The normalized spacial score (nSPS) is 14.0. The predicted molar refractivity (Wildman–Crippen MR) is 132 cm³/mol. The van der Waals surface area contributed by atoms with Crippen LogP contribution in [0.1, 0.15) is 24.8 Å². The summed E-state index contributed by atoms with van der Waals surface area (Å²) in [7, 11) is 0. The van der Waals surface area contributed by atoms with E-state index in [1.165, 1.54) is 4.57 Å². The van der Waals surface area contributed by atoms with Crippen LogP contribution in [-0.2, 0) is 27.4 Å². The molecule has 34 heavy (non-hydrogen) atoms. The molecule has 0 radical (unpaired) electrons. The number of nitrogens with zero attached hydrogens (tertiary/aromatic N) is 2. The van der Waals surface area contributed by atoms with Crippen molar-refractivity contribution in [2.24, 2.45) is 5.92 Å². The maximum absolute atomic E-state index is 13.4. The molecule has 0 saturated carbocycles. The minimum atomic E-state index is -0.529. The van der Waals surface area contributed by atoms with Crippen molar-refractivity contribution in [3.8, 4) is 11.3 Å². The number of benzene rings is 2. The molecule has 7 nitrogen and oxygen atoms in total. The molecule has 1 fully saturated rings. The Bertz CT molecular complexity index is 1150. The average molecular weight is 482 g/mol. The molecular weight excluding hydrogens is 454 g/mol. The van der Waals surface area contributed by atoms with Crippen molar-refractivity contribution in [3.05, 3.63) is 81.7 Å². The highest BCUT2D eigenvalue weighted by molar-refractivity contribution is 6.32. The van der Waals surface area contributed by atoms with E-state index in [1.807, 2.05) is 60.7 Å². The molecule has 178 valence electrons. The first-order chi connectivity index (χ1) is 16.6. The minimum Gasteiger partial charge on any atom is -0.459 e. The van der Waals surface area contributed by atoms with Crippen LogP contribution >= 0.6 is 11.6 Å². The highest BCUT2D eigenvalue weighted by Gasteiger charge is 2.20. The van der Waals surface area contributed by atoms with Crippen LogP contribution in [0.3, 0.4) is 0 Å². The Labute approximate surface area is 203 Å². The number of aromatic nitrogens is 2. The Balaban J connectivity index is 1.54. The van der Waals surface area contributed by atoms with Gasteiger partial charge in [0.15, 0.2) is 11.0 Å². The summed E-state index contributed by atoms with van der Waals surface area (Å²) in [6.07, 6.45) is 2.93. The topological polar surface area (TPSA) is 82.5 Å². The van der Waals surface area contributed by atoms with Crippen LogP contribution in [0.4, 0.5) is 5.82 Å². The second-order valence-corrected chi connectivity index (χ2v) is 8.63. The van der Waals surface area contributed by atoms with Crippen molar-refractivity contribution in [1.82, 2.24) is 9.55 Å². The summed E-state index contributed by atoms with van der Waals surface area (Å²) in [5.74, 6) is 0.154. The number of anilines is 1. The van der Waals surface area contributed by atoms with Gasteiger partial charge >= 0.3 is 5.97 Å². The number of carbonyl (C=O) groups is 1. The second kappa shape index (κ2) is 11.8. The number of rotatable bonds is 9. The smallest absolute Gasteiger partial charge is 0.326 e. The van der Waals surface area contributed by atoms with Crippen LogP contribution in [-0.4, -0.2) is 35.3 Å². The Morgan fingerprint density at radius 2 is 1.76 bits per heavy atom. The molecule has 0 bridgehead atoms. The zero-order valence-corrected chi connectivity index (χ0v) is 19.7. The van der Waals surface area contributed by atoms with E-state index in [4.69, 9.17) is 21.1 Å². The lowest BCUT2D eigenvalue weighted by Gasteiger charge is -2.22. The summed E-state index contributed by atoms with van der Waals surface area (Å²) in [4.78, 5) is 30.4. The van der Waals surface area contributed by atoms with Crippen molar-refractivity contribution in [1.29, 1.82) is 0 Å². The van der Waals surface area contributed by atoms with E-state index in [9.17, 15) is 9.59 Å². The lowest BCUT2D eigenvalue weighted by molar-refractivity contribution is -0.145. The number of nitrogens with one attached hydrogen (secondary N) is 1. The monoisotopic (exact) mass is 481 g/mol. The van der Waals surface area contributed by atoms with Crippen molar-refractivity contribution in [3.63, 3.8) is 0 Å². The molecule has 0 spiro atoms. The average Bonchev–Trinajstić information content (AvgIpc) is 2.87. The fourth-order valence-corrected chi connectivity index (χ4v) is 4.31. The Morgan fingerprint density at radius 3 is 2.47 bits per heavy atom. The molecule has 3 aromatic rings. The quantitative estimate of drug-likeness (QED) is 0.452. The number of carbonyl (C=O) groups excluding carboxylic acids is 1. The minimum absolute atomic E-state index is 0.129. The largest absolute Gasteiger partial charge is 0.459 e. The van der Waals surface area contributed by atoms with Gasteiger partial charge in [-0.25, -0.2) is 4.98 Å². The summed E-state index contributed by atoms with van der Waals surface area (Å²) < 4.78 is 12.2. The van der Waals surface area contributed by atoms with E-state index in [0.717, 1.165) is 38.0 Å². The van der Waals surface area contributed by atoms with Crippen molar-refractivity contribution in [2.75, 3.05) is 25.1 Å². The first-order valence-corrected chi connectivity index (χ1v) is 11.9. The van der Waals surface area contributed by atoms with Gasteiger partial charge in [-0.2, -0.15) is 0 Å². The molecule has 1 aliphatic rings. The highest BCUT2D eigenvalue weighted by Crippen LogP contribution is 2.26. The van der Waals surface area contributed by atoms with E-state index in [0.29, 0.717) is 23.7 Å². The summed E-state index contributed by atoms with van der Waals surface area (Å²) in [6, 6.07) is 18.6. The van der Waals surface area contributed by atoms with Crippen LogP contribution < -0.4 is 10.9 Å². The van der Waals surface area contributed by atoms with Gasteiger partial charge < -0.3 is 14.8 Å². The Kier molecular flexibility index (Phi) is 8.33. The van der Waals surface area contributed by atoms with E-state index >= 15 is 0 Å². The number of esters is 1. The Hall–Kier alpha value is -3.16. The zero-order valence-electron chi connectivity index (χ0n) is 18.9. The molecule has 1 N–H and O–H groups in total. The molecule has 4 rings (SSSR count). The number of hydrogen-bond acceptors (Lipinski definition) is 6. The fraction of sp³-hybridized carbons (Fsp3) is 0.346. The number of ether oxygens (including phenoxy) is 2. The third kappa shape index (κ3) is 6.24. The molecule has 8 heteroatoms. The van der Waals surface area contributed by atoms with Crippen molar-refractivity contribution < 1.29 is 14.3 Å². The molecule has 0 aliphatic carbocycles. The standard InChI is InChI=1S/C26H28ClN3O4/c27-24-23(21-9-5-2-6-10-21)30(17-22(31)34-18-20-7-3-1-4-8-20)26(32)25(29-24)28-14-11-19-12-15-33-16-13-19/h1-10,19H,11-18H2,(H,28,29). The second-order valence-electron chi connectivity index (χ2n) is 8.27. The van der Waals surface area contributed by atoms with Crippen molar-refractivity contribution >= 4 is 23.4 Å². The lowest BCUT2D eigenvalue weighted by Crippen LogP contribution is -2.31. The molecule has 0 amide bonds. The van der Waals surface area contributed by atoms with Gasteiger partial charge in [-0.05, 0) is 30.7 Å². The summed E-state index contributed by atoms with van der Waals surface area (Å²) >= 11 is 6.55. The maximum Gasteiger partial charge on any atom is 0.326 e.